The first kappa shape index (κ1) is 42.7. The zero-order chi connectivity index (χ0) is 41.0. The molecular formula is C47H55N3O3S6. The third-order valence-corrected chi connectivity index (χ3v) is 18.0. The fourth-order valence-electron chi connectivity index (χ4n) is 8.52. The Morgan fingerprint density at radius 3 is 1.69 bits per heavy atom. The van der Waals surface area contributed by atoms with Gasteiger partial charge in [-0.3, -0.25) is 14.5 Å². The fraction of sp³-hybridized carbons (Fsp3) is 0.489. The van der Waals surface area contributed by atoms with E-state index in [-0.39, 0.29) is 11.8 Å². The molecule has 0 atom stereocenters. The number of nitrogens with zero attached hydrogens (tertiary/aromatic N) is 3. The highest BCUT2D eigenvalue weighted by Gasteiger charge is 2.41. The molecule has 1 aliphatic heterocycles. The molecule has 1 aliphatic rings. The van der Waals surface area contributed by atoms with E-state index in [1.165, 1.54) is 106 Å². The quantitative estimate of drug-likeness (QED) is 0.0500. The van der Waals surface area contributed by atoms with Gasteiger partial charge in [0.05, 0.1) is 39.9 Å². The van der Waals surface area contributed by atoms with Crippen LogP contribution >= 0.6 is 68.4 Å². The largest absolute Gasteiger partial charge is 0.493 e. The Bertz CT molecular complexity index is 2520. The summed E-state index contributed by atoms with van der Waals surface area (Å²) in [4.78, 5) is 35.6. The topological polar surface area (TPSA) is 72.4 Å². The number of thiophene rings is 5. The average molecular weight is 902 g/mol. The van der Waals surface area contributed by atoms with E-state index in [0.29, 0.717) is 24.3 Å². The van der Waals surface area contributed by atoms with Crippen LogP contribution in [-0.4, -0.2) is 38.6 Å². The van der Waals surface area contributed by atoms with Crippen molar-refractivity contribution in [3.63, 3.8) is 0 Å². The lowest BCUT2D eigenvalue weighted by Crippen LogP contribution is -2.31. The number of unbranched alkanes of at least 4 members (excludes halogenated alkanes) is 14. The first-order valence-electron chi connectivity index (χ1n) is 21.7. The van der Waals surface area contributed by atoms with Crippen LogP contribution in [0.5, 0.6) is 5.75 Å². The summed E-state index contributed by atoms with van der Waals surface area (Å²) >= 11 is 9.97. The summed E-state index contributed by atoms with van der Waals surface area (Å²) in [5.74, 6) is 0.668. The number of aryl methyl sites for hydroxylation is 2. The maximum atomic E-state index is 13.9. The Morgan fingerprint density at radius 2 is 1.05 bits per heavy atom. The van der Waals surface area contributed by atoms with E-state index in [4.69, 9.17) is 13.5 Å². The highest BCUT2D eigenvalue weighted by Crippen LogP contribution is 2.53. The monoisotopic (exact) mass is 901 g/mol. The second-order valence-corrected chi connectivity index (χ2v) is 22.4. The third kappa shape index (κ3) is 8.87. The molecule has 0 saturated heterocycles. The SMILES string of the molecule is CCCCCCCCCCCCN1C(=O)c2c(C)sc(-c3cc4sc(-c5c(OCCCCCCCC)c(C)c(-c6cc7sc(C)cc7s6)c6nsnc56)cc4s3)c2C1=O. The van der Waals surface area contributed by atoms with E-state index in [1.54, 1.807) is 34.0 Å². The molecule has 2 amide bonds. The molecule has 312 valence electrons. The molecule has 0 N–H and O–H groups in total. The molecule has 59 heavy (non-hydrogen) atoms. The van der Waals surface area contributed by atoms with Crippen molar-refractivity contribution in [1.82, 2.24) is 13.6 Å². The summed E-state index contributed by atoms with van der Waals surface area (Å²) in [5.41, 5.74) is 6.33. The van der Waals surface area contributed by atoms with Gasteiger partial charge in [0.15, 0.2) is 0 Å². The predicted molar refractivity (Wildman–Crippen MR) is 258 cm³/mol. The molecule has 7 heterocycles. The van der Waals surface area contributed by atoms with E-state index in [0.717, 1.165) is 94.5 Å². The van der Waals surface area contributed by atoms with Crippen molar-refractivity contribution in [2.75, 3.05) is 13.2 Å². The van der Waals surface area contributed by atoms with Crippen LogP contribution in [0.3, 0.4) is 0 Å². The Morgan fingerprint density at radius 1 is 0.542 bits per heavy atom. The van der Waals surface area contributed by atoms with Gasteiger partial charge in [0.1, 0.15) is 16.8 Å². The summed E-state index contributed by atoms with van der Waals surface area (Å²) in [6.07, 6.45) is 19.5. The molecule has 8 rings (SSSR count). The average Bonchev–Trinajstić information content (AvgIpc) is 4.08. The van der Waals surface area contributed by atoms with Gasteiger partial charge in [-0.05, 0) is 57.9 Å². The molecule has 0 aliphatic carbocycles. The van der Waals surface area contributed by atoms with Gasteiger partial charge >= 0.3 is 0 Å². The summed E-state index contributed by atoms with van der Waals surface area (Å²) in [7, 11) is 0. The summed E-state index contributed by atoms with van der Waals surface area (Å²) in [6, 6.07) is 9.09. The number of hydrogen-bond donors (Lipinski definition) is 0. The van der Waals surface area contributed by atoms with Crippen LogP contribution < -0.4 is 4.74 Å². The van der Waals surface area contributed by atoms with Gasteiger partial charge in [0.25, 0.3) is 11.8 Å². The number of fused-ring (bicyclic) bond motifs is 4. The van der Waals surface area contributed by atoms with Crippen LogP contribution in [0.25, 0.3) is 60.5 Å². The maximum Gasteiger partial charge on any atom is 0.263 e. The fourth-order valence-corrected chi connectivity index (χ4v) is 15.2. The minimum absolute atomic E-state index is 0.118. The molecule has 0 radical (unpaired) electrons. The zero-order valence-corrected chi connectivity index (χ0v) is 40.0. The Labute approximate surface area is 373 Å². The zero-order valence-electron chi connectivity index (χ0n) is 35.1. The number of rotatable bonds is 22. The summed E-state index contributed by atoms with van der Waals surface area (Å²) in [6.45, 7) is 12.0. The van der Waals surface area contributed by atoms with Crippen molar-refractivity contribution in [2.45, 2.75) is 137 Å². The highest BCUT2D eigenvalue weighted by molar-refractivity contribution is 7.32. The molecular weight excluding hydrogens is 847 g/mol. The van der Waals surface area contributed by atoms with Gasteiger partial charge in [-0.2, -0.15) is 8.75 Å². The Hall–Kier alpha value is -3.00. The molecule has 12 heteroatoms. The molecule has 7 aromatic rings. The second-order valence-electron chi connectivity index (χ2n) is 16.1. The third-order valence-electron chi connectivity index (χ3n) is 11.6. The van der Waals surface area contributed by atoms with Crippen LogP contribution in [0, 0.1) is 20.8 Å². The maximum absolute atomic E-state index is 13.9. The molecule has 0 fully saturated rings. The number of aromatic nitrogens is 2. The van der Waals surface area contributed by atoms with Gasteiger partial charge in [0, 0.05) is 60.9 Å². The van der Waals surface area contributed by atoms with E-state index < -0.39 is 0 Å². The van der Waals surface area contributed by atoms with E-state index in [2.05, 4.69) is 52.0 Å². The van der Waals surface area contributed by atoms with Crippen LogP contribution in [0.15, 0.2) is 24.3 Å². The van der Waals surface area contributed by atoms with Crippen molar-refractivity contribution in [2.24, 2.45) is 0 Å². The molecule has 1 aromatic carbocycles. The molecule has 0 spiro atoms. The molecule has 6 aromatic heterocycles. The highest BCUT2D eigenvalue weighted by atomic mass is 32.1. The van der Waals surface area contributed by atoms with Gasteiger partial charge in [-0.15, -0.1) is 56.7 Å². The normalized spacial score (nSPS) is 13.1. The number of benzene rings is 1. The second kappa shape index (κ2) is 19.4. The first-order valence-corrected chi connectivity index (χ1v) is 26.6. The lowest BCUT2D eigenvalue weighted by Gasteiger charge is -2.17. The van der Waals surface area contributed by atoms with E-state index >= 15 is 0 Å². The minimum atomic E-state index is -0.125. The van der Waals surface area contributed by atoms with Crippen LogP contribution in [-0.2, 0) is 0 Å². The van der Waals surface area contributed by atoms with Crippen LogP contribution in [0.1, 0.15) is 153 Å². The number of carbonyl (C=O) groups is 2. The summed E-state index contributed by atoms with van der Waals surface area (Å²) < 4.78 is 21.7. The first-order chi connectivity index (χ1) is 28.8. The van der Waals surface area contributed by atoms with Gasteiger partial charge in [-0.25, -0.2) is 0 Å². The number of hydrogen-bond acceptors (Lipinski definition) is 11. The van der Waals surface area contributed by atoms with Crippen LogP contribution in [0.4, 0.5) is 0 Å². The van der Waals surface area contributed by atoms with E-state index in [1.807, 2.05) is 29.6 Å². The number of amides is 2. The van der Waals surface area contributed by atoms with Gasteiger partial charge < -0.3 is 4.74 Å². The molecule has 0 bridgehead atoms. The standard InChI is InChI=1S/C47H55N3O3S6/c1-6-8-10-12-14-15-16-17-18-20-22-50-46(51)39-30(5)55-45(41(39)47(50)52)37-27-34-33(58-37)26-36(57-34)40-43-42(48-59-49-43)38(35-25-32-31(56-35)24-28(3)54-32)29(4)44(40)53-23-21-19-13-11-9-7-2/h24-27H,6-23H2,1-5H3. The van der Waals surface area contributed by atoms with Crippen molar-refractivity contribution in [1.29, 1.82) is 0 Å². The van der Waals surface area contributed by atoms with E-state index in [9.17, 15) is 9.59 Å². The minimum Gasteiger partial charge on any atom is -0.493 e. The lowest BCUT2D eigenvalue weighted by molar-refractivity contribution is 0.0651. The number of ether oxygens (including phenoxy) is 1. The molecule has 6 nitrogen and oxygen atoms in total. The Balaban J connectivity index is 1.04. The molecule has 0 unspecified atom stereocenters. The molecule has 0 saturated carbocycles. The predicted octanol–water partition coefficient (Wildman–Crippen LogP) is 16.5. The number of carbonyl (C=O) groups excluding carboxylic acids is 2. The van der Waals surface area contributed by atoms with Crippen molar-refractivity contribution >= 4 is 110 Å². The lowest BCUT2D eigenvalue weighted by atomic mass is 9.98. The van der Waals surface area contributed by atoms with Crippen molar-refractivity contribution in [3.05, 3.63) is 50.7 Å². The van der Waals surface area contributed by atoms with Crippen molar-refractivity contribution in [3.8, 4) is 36.4 Å². The number of imide groups is 1. The Kier molecular flexibility index (Phi) is 14.0. The van der Waals surface area contributed by atoms with Gasteiger partial charge in [-0.1, -0.05) is 104 Å². The summed E-state index contributed by atoms with van der Waals surface area (Å²) in [5, 5.41) is 0. The van der Waals surface area contributed by atoms with Gasteiger partial charge in [0.2, 0.25) is 0 Å². The van der Waals surface area contributed by atoms with Crippen LogP contribution in [0.2, 0.25) is 0 Å². The van der Waals surface area contributed by atoms with Crippen molar-refractivity contribution < 1.29 is 14.3 Å². The smallest absolute Gasteiger partial charge is 0.263 e.